The Balaban J connectivity index is 0.000000163. The van der Waals surface area contributed by atoms with Gasteiger partial charge in [0.05, 0.1) is 6.20 Å². The zero-order valence-corrected chi connectivity index (χ0v) is 31.4. The molecule has 1 radical (unpaired) electrons. The maximum Gasteiger partial charge on any atom is 0.115 e. The SMILES string of the molecule is Cc1ccc(-c2cc(-c3[c-]c4ccccc4cc3)ncc2C)c(C)c1.[CH2-][n+]1ccccc1-c1[c-]cccc1.[Ir].[c-]1ccccc1-c1ccccn1. The van der Waals surface area contributed by atoms with Crippen LogP contribution in [0.15, 0.2) is 164 Å². The summed E-state index contributed by atoms with van der Waals surface area (Å²) in [4.78, 5) is 8.88. The molecule has 0 saturated heterocycles. The van der Waals surface area contributed by atoms with E-state index in [0.717, 1.165) is 39.2 Å². The summed E-state index contributed by atoms with van der Waals surface area (Å²) in [5.41, 5.74) is 12.4. The van der Waals surface area contributed by atoms with Crippen LogP contribution < -0.4 is 4.57 Å². The summed E-state index contributed by atoms with van der Waals surface area (Å²) in [7, 11) is 3.89. The fourth-order valence-electron chi connectivity index (χ4n) is 5.69. The minimum Gasteiger partial charge on any atom is -0.321 e. The van der Waals surface area contributed by atoms with Crippen LogP contribution in [-0.2, 0) is 20.1 Å². The van der Waals surface area contributed by atoms with Crippen molar-refractivity contribution in [3.8, 4) is 44.9 Å². The van der Waals surface area contributed by atoms with Gasteiger partial charge in [0.25, 0.3) is 0 Å². The molecule has 0 N–H and O–H groups in total. The van der Waals surface area contributed by atoms with E-state index in [9.17, 15) is 0 Å². The third kappa shape index (κ3) is 9.52. The first-order valence-electron chi connectivity index (χ1n) is 16.6. The van der Waals surface area contributed by atoms with Gasteiger partial charge < -0.3 is 9.55 Å². The molecule has 0 atom stereocenters. The van der Waals surface area contributed by atoms with E-state index >= 15 is 0 Å². The Labute approximate surface area is 315 Å². The molecule has 51 heavy (non-hydrogen) atoms. The molecule has 3 aromatic heterocycles. The van der Waals surface area contributed by atoms with Gasteiger partial charge in [-0.3, -0.25) is 4.98 Å². The molecular formula is C47H38IrN3-3. The van der Waals surface area contributed by atoms with Crippen molar-refractivity contribution < 1.29 is 24.7 Å². The van der Waals surface area contributed by atoms with Crippen molar-refractivity contribution in [3.05, 3.63) is 206 Å². The van der Waals surface area contributed by atoms with E-state index in [1.165, 1.54) is 33.2 Å². The van der Waals surface area contributed by atoms with Crippen LogP contribution in [0.3, 0.4) is 0 Å². The molecule has 8 rings (SSSR count). The molecule has 0 amide bonds. The largest absolute Gasteiger partial charge is 0.321 e. The standard InChI is InChI=1S/C24H20N.C12H10N.C11H8N.Ir/c1-16-8-11-22(17(2)12-16)23-14-24(25-15-18(23)3)21-10-9-19-6-4-5-7-20(19)13-21;1-13-10-6-5-9-12(13)11-7-3-2-4-8-11;1-2-6-10(7-3-1)11-8-4-5-9-12-11;/h4-12,14-15H,1-3H3;2-7,9-10H,1H2;1-6,8-9H;/q3*-1;. The molecule has 0 unspecified atom stereocenters. The number of hydrogen-bond donors (Lipinski definition) is 0. The molecule has 3 heterocycles. The maximum absolute atomic E-state index is 4.66. The molecule has 253 valence electrons. The van der Waals surface area contributed by atoms with E-state index < -0.39 is 0 Å². The van der Waals surface area contributed by atoms with Crippen LogP contribution in [0.25, 0.3) is 55.7 Å². The minimum atomic E-state index is 0. The Morgan fingerprint density at radius 3 is 2.00 bits per heavy atom. The maximum atomic E-state index is 4.66. The van der Waals surface area contributed by atoms with Crippen molar-refractivity contribution in [3.63, 3.8) is 0 Å². The number of aromatic nitrogens is 3. The van der Waals surface area contributed by atoms with Gasteiger partial charge >= 0.3 is 0 Å². The second kappa shape index (κ2) is 17.8. The van der Waals surface area contributed by atoms with E-state index in [1.54, 1.807) is 6.20 Å². The van der Waals surface area contributed by atoms with Crippen LogP contribution in [0.1, 0.15) is 16.7 Å². The molecule has 4 heteroatoms. The normalized spacial score (nSPS) is 10.2. The van der Waals surface area contributed by atoms with Crippen LogP contribution in [0.2, 0.25) is 0 Å². The summed E-state index contributed by atoms with van der Waals surface area (Å²) in [5, 5.41) is 2.32. The van der Waals surface area contributed by atoms with Gasteiger partial charge in [-0.25, -0.2) is 0 Å². The summed E-state index contributed by atoms with van der Waals surface area (Å²) < 4.78 is 1.84. The summed E-state index contributed by atoms with van der Waals surface area (Å²) in [6, 6.07) is 58.7. The van der Waals surface area contributed by atoms with Crippen molar-refractivity contribution in [2.24, 2.45) is 0 Å². The van der Waals surface area contributed by atoms with Gasteiger partial charge in [-0.15, -0.1) is 95.9 Å². The average molecular weight is 837 g/mol. The number of nitrogens with zero attached hydrogens (tertiary/aromatic N) is 3. The second-order valence-corrected chi connectivity index (χ2v) is 12.0. The molecule has 0 spiro atoms. The third-order valence-electron chi connectivity index (χ3n) is 8.29. The van der Waals surface area contributed by atoms with Gasteiger partial charge in [0.2, 0.25) is 0 Å². The summed E-state index contributed by atoms with van der Waals surface area (Å²) in [6.07, 6.45) is 5.68. The Bertz CT molecular complexity index is 2270. The van der Waals surface area contributed by atoms with Crippen molar-refractivity contribution >= 4 is 10.8 Å². The van der Waals surface area contributed by atoms with Gasteiger partial charge in [0.1, 0.15) is 5.69 Å². The second-order valence-electron chi connectivity index (χ2n) is 12.0. The van der Waals surface area contributed by atoms with E-state index in [0.29, 0.717) is 0 Å². The van der Waals surface area contributed by atoms with Gasteiger partial charge in [-0.05, 0) is 60.9 Å². The Hall–Kier alpha value is -5.67. The van der Waals surface area contributed by atoms with Crippen LogP contribution in [0, 0.1) is 46.0 Å². The Morgan fingerprint density at radius 2 is 1.29 bits per heavy atom. The van der Waals surface area contributed by atoms with Crippen LogP contribution in [0.4, 0.5) is 0 Å². The van der Waals surface area contributed by atoms with Crippen LogP contribution >= 0.6 is 0 Å². The minimum absolute atomic E-state index is 0. The average Bonchev–Trinajstić information content (AvgIpc) is 3.17. The van der Waals surface area contributed by atoms with E-state index in [-0.39, 0.29) is 20.1 Å². The number of aryl methyl sites for hydroxylation is 3. The molecule has 0 bridgehead atoms. The summed E-state index contributed by atoms with van der Waals surface area (Å²) in [5.74, 6) is 0. The zero-order valence-electron chi connectivity index (χ0n) is 29.0. The molecule has 0 aliphatic heterocycles. The quantitative estimate of drug-likeness (QED) is 0.131. The third-order valence-corrected chi connectivity index (χ3v) is 8.29. The molecule has 0 aliphatic rings. The van der Waals surface area contributed by atoms with Crippen molar-refractivity contribution in [2.75, 3.05) is 0 Å². The first-order chi connectivity index (χ1) is 24.5. The molecule has 8 aromatic rings. The molecule has 5 aromatic carbocycles. The van der Waals surface area contributed by atoms with Crippen molar-refractivity contribution in [1.29, 1.82) is 0 Å². The number of rotatable bonds is 4. The van der Waals surface area contributed by atoms with E-state index in [2.05, 4.69) is 111 Å². The molecule has 3 nitrogen and oxygen atoms in total. The fraction of sp³-hybridized carbons (Fsp3) is 0.0638. The topological polar surface area (TPSA) is 29.7 Å². The first-order valence-corrected chi connectivity index (χ1v) is 16.6. The Kier molecular flexibility index (Phi) is 12.8. The number of hydrogen-bond acceptors (Lipinski definition) is 2. The smallest absolute Gasteiger partial charge is 0.115 e. The van der Waals surface area contributed by atoms with Crippen molar-refractivity contribution in [2.45, 2.75) is 20.8 Å². The van der Waals surface area contributed by atoms with Gasteiger partial charge in [0, 0.05) is 45.2 Å². The zero-order chi connectivity index (χ0) is 34.7. The monoisotopic (exact) mass is 837 g/mol. The molecular weight excluding hydrogens is 799 g/mol. The molecule has 0 saturated carbocycles. The fourth-order valence-corrected chi connectivity index (χ4v) is 5.69. The van der Waals surface area contributed by atoms with E-state index in [4.69, 9.17) is 0 Å². The van der Waals surface area contributed by atoms with Gasteiger partial charge in [-0.2, -0.15) is 0 Å². The summed E-state index contributed by atoms with van der Waals surface area (Å²) in [6.45, 7) is 6.42. The van der Waals surface area contributed by atoms with E-state index in [1.807, 2.05) is 108 Å². The van der Waals surface area contributed by atoms with Gasteiger partial charge in [-0.1, -0.05) is 88.8 Å². The van der Waals surface area contributed by atoms with Crippen molar-refractivity contribution in [1.82, 2.24) is 9.97 Å². The number of fused-ring (bicyclic) bond motifs is 1. The molecule has 0 aliphatic carbocycles. The number of pyridine rings is 3. The van der Waals surface area contributed by atoms with Crippen LogP contribution in [-0.4, -0.2) is 9.97 Å². The number of benzene rings is 5. The molecule has 0 fully saturated rings. The summed E-state index contributed by atoms with van der Waals surface area (Å²) >= 11 is 0. The van der Waals surface area contributed by atoms with Gasteiger partial charge in [0.15, 0.2) is 0 Å². The predicted molar refractivity (Wildman–Crippen MR) is 206 cm³/mol. The van der Waals surface area contributed by atoms with Crippen LogP contribution in [0.5, 0.6) is 0 Å². The first kappa shape index (κ1) is 36.6. The predicted octanol–water partition coefficient (Wildman–Crippen LogP) is 10.9. The Morgan fingerprint density at radius 1 is 0.569 bits per heavy atom.